The van der Waals surface area contributed by atoms with Crippen molar-refractivity contribution in [3.8, 4) is 5.75 Å². The van der Waals surface area contributed by atoms with Crippen LogP contribution in [-0.4, -0.2) is 11.9 Å². The van der Waals surface area contributed by atoms with E-state index in [0.717, 1.165) is 17.9 Å². The molecule has 0 radical (unpaired) electrons. The van der Waals surface area contributed by atoms with Crippen LogP contribution < -0.4 is 10.1 Å². The maximum Gasteiger partial charge on any atom is 0.251 e. The number of fused-ring (bicyclic) bond motifs is 2. The van der Waals surface area contributed by atoms with Crippen molar-refractivity contribution in [3.63, 3.8) is 0 Å². The highest BCUT2D eigenvalue weighted by Gasteiger charge is 2.40. The van der Waals surface area contributed by atoms with Crippen LogP contribution in [-0.2, 0) is 6.61 Å². The Morgan fingerprint density at radius 3 is 2.76 bits per heavy atom. The number of rotatable bonds is 5. The molecule has 1 N–H and O–H groups in total. The van der Waals surface area contributed by atoms with E-state index in [1.165, 1.54) is 19.3 Å². The standard InChI is InChI=1S/C21H22ClNO2/c22-19-7-2-1-4-17(19)13-25-18-6-3-5-16(12-18)21(24)23-20-11-14-8-9-15(20)10-14/h1-7,12,14-15,20H,8-11,13H2,(H,23,24)/t14-,15-,20-/m0/s1. The smallest absolute Gasteiger partial charge is 0.251 e. The molecule has 2 aromatic carbocycles. The Morgan fingerprint density at radius 1 is 1.12 bits per heavy atom. The van der Waals surface area contributed by atoms with Gasteiger partial charge in [-0.15, -0.1) is 0 Å². The van der Waals surface area contributed by atoms with E-state index >= 15 is 0 Å². The lowest BCUT2D eigenvalue weighted by Crippen LogP contribution is -2.38. The van der Waals surface area contributed by atoms with Crippen molar-refractivity contribution < 1.29 is 9.53 Å². The van der Waals surface area contributed by atoms with Crippen molar-refractivity contribution in [3.05, 3.63) is 64.7 Å². The maximum atomic E-state index is 12.6. The van der Waals surface area contributed by atoms with Crippen LogP contribution >= 0.6 is 11.6 Å². The molecule has 25 heavy (non-hydrogen) atoms. The van der Waals surface area contributed by atoms with Crippen LogP contribution in [0.5, 0.6) is 5.75 Å². The van der Waals surface area contributed by atoms with Crippen molar-refractivity contribution >= 4 is 17.5 Å². The van der Waals surface area contributed by atoms with Crippen LogP contribution in [0.15, 0.2) is 48.5 Å². The summed E-state index contributed by atoms with van der Waals surface area (Å²) in [5, 5.41) is 3.91. The molecule has 0 spiro atoms. The van der Waals surface area contributed by atoms with Crippen molar-refractivity contribution in [2.24, 2.45) is 11.8 Å². The highest BCUT2D eigenvalue weighted by Crippen LogP contribution is 2.44. The van der Waals surface area contributed by atoms with Crippen LogP contribution in [0.2, 0.25) is 5.02 Å². The number of hydrogen-bond acceptors (Lipinski definition) is 2. The van der Waals surface area contributed by atoms with Crippen LogP contribution in [0.4, 0.5) is 0 Å². The number of carbonyl (C=O) groups is 1. The van der Waals surface area contributed by atoms with Gasteiger partial charge in [-0.25, -0.2) is 0 Å². The van der Waals surface area contributed by atoms with Gasteiger partial charge in [-0.1, -0.05) is 42.3 Å². The van der Waals surface area contributed by atoms with Crippen molar-refractivity contribution in [1.29, 1.82) is 0 Å². The van der Waals surface area contributed by atoms with E-state index in [2.05, 4.69) is 5.32 Å². The molecule has 1 amide bonds. The van der Waals surface area contributed by atoms with Gasteiger partial charge in [-0.2, -0.15) is 0 Å². The number of nitrogens with one attached hydrogen (secondary N) is 1. The summed E-state index contributed by atoms with van der Waals surface area (Å²) in [5.41, 5.74) is 1.58. The summed E-state index contributed by atoms with van der Waals surface area (Å²) in [7, 11) is 0. The highest BCUT2D eigenvalue weighted by atomic mass is 35.5. The van der Waals surface area contributed by atoms with Crippen LogP contribution in [0.25, 0.3) is 0 Å². The van der Waals surface area contributed by atoms with E-state index in [1.54, 1.807) is 6.07 Å². The van der Waals surface area contributed by atoms with Gasteiger partial charge in [-0.3, -0.25) is 4.79 Å². The number of hydrogen-bond donors (Lipinski definition) is 1. The van der Waals surface area contributed by atoms with Gasteiger partial charge in [0.05, 0.1) is 0 Å². The lowest BCUT2D eigenvalue weighted by atomic mass is 9.95. The van der Waals surface area contributed by atoms with Gasteiger partial charge in [0, 0.05) is 22.2 Å². The molecule has 0 heterocycles. The Labute approximate surface area is 153 Å². The fourth-order valence-electron chi connectivity index (χ4n) is 4.18. The zero-order chi connectivity index (χ0) is 17.2. The Bertz CT molecular complexity index is 776. The molecular weight excluding hydrogens is 334 g/mol. The quantitative estimate of drug-likeness (QED) is 0.833. The minimum atomic E-state index is 0.000688. The first-order valence-electron chi connectivity index (χ1n) is 8.96. The fourth-order valence-corrected chi connectivity index (χ4v) is 4.37. The Balaban J connectivity index is 1.39. The molecule has 4 rings (SSSR count). The van der Waals surface area contributed by atoms with Crippen molar-refractivity contribution in [2.75, 3.05) is 0 Å². The van der Waals surface area contributed by atoms with E-state index in [1.807, 2.05) is 42.5 Å². The van der Waals surface area contributed by atoms with Gasteiger partial charge in [0.2, 0.25) is 0 Å². The molecule has 2 fully saturated rings. The van der Waals surface area contributed by atoms with Crippen LogP contribution in [0.1, 0.15) is 41.6 Å². The molecule has 2 saturated carbocycles. The monoisotopic (exact) mass is 355 g/mol. The minimum Gasteiger partial charge on any atom is -0.489 e. The lowest BCUT2D eigenvalue weighted by molar-refractivity contribution is 0.0922. The predicted molar refractivity (Wildman–Crippen MR) is 98.9 cm³/mol. The third-order valence-corrected chi connectivity index (χ3v) is 5.87. The number of ether oxygens (including phenoxy) is 1. The minimum absolute atomic E-state index is 0.000688. The average Bonchev–Trinajstić information content (AvgIpc) is 3.24. The van der Waals surface area contributed by atoms with Crippen molar-refractivity contribution in [2.45, 2.75) is 38.3 Å². The highest BCUT2D eigenvalue weighted by molar-refractivity contribution is 6.31. The normalized spacial score (nSPS) is 24.3. The second-order valence-corrected chi connectivity index (χ2v) is 7.57. The summed E-state index contributed by atoms with van der Waals surface area (Å²) < 4.78 is 5.82. The Hall–Kier alpha value is -2.00. The zero-order valence-electron chi connectivity index (χ0n) is 14.1. The fraction of sp³-hybridized carbons (Fsp3) is 0.381. The van der Waals surface area contributed by atoms with Crippen molar-refractivity contribution in [1.82, 2.24) is 5.32 Å². The first-order chi connectivity index (χ1) is 12.2. The number of benzene rings is 2. The topological polar surface area (TPSA) is 38.3 Å². The molecular formula is C21H22ClNO2. The molecule has 4 heteroatoms. The van der Waals surface area contributed by atoms with Gasteiger partial charge in [0.25, 0.3) is 5.91 Å². The third kappa shape index (κ3) is 3.67. The molecule has 130 valence electrons. The molecule has 0 aliphatic heterocycles. The number of carbonyl (C=O) groups excluding carboxylic acids is 1. The molecule has 0 unspecified atom stereocenters. The van der Waals surface area contributed by atoms with Gasteiger partial charge < -0.3 is 10.1 Å². The zero-order valence-corrected chi connectivity index (χ0v) is 14.8. The van der Waals surface area contributed by atoms with E-state index < -0.39 is 0 Å². The largest absolute Gasteiger partial charge is 0.489 e. The van der Waals surface area contributed by atoms with Gasteiger partial charge in [0.1, 0.15) is 12.4 Å². The molecule has 2 aliphatic rings. The summed E-state index contributed by atoms with van der Waals surface area (Å²) in [4.78, 5) is 12.6. The summed E-state index contributed by atoms with van der Waals surface area (Å²) >= 11 is 6.15. The lowest BCUT2D eigenvalue weighted by Gasteiger charge is -2.23. The van der Waals surface area contributed by atoms with E-state index in [-0.39, 0.29) is 5.91 Å². The molecule has 2 bridgehead atoms. The molecule has 2 aromatic rings. The maximum absolute atomic E-state index is 12.6. The van der Waals surface area contributed by atoms with Gasteiger partial charge >= 0.3 is 0 Å². The Kier molecular flexibility index (Phi) is 4.67. The number of halogens is 1. The summed E-state index contributed by atoms with van der Waals surface area (Å²) in [6.45, 7) is 0.386. The van der Waals surface area contributed by atoms with E-state index in [9.17, 15) is 4.79 Å². The first-order valence-corrected chi connectivity index (χ1v) is 9.34. The van der Waals surface area contributed by atoms with Gasteiger partial charge in [0.15, 0.2) is 0 Å². The number of amides is 1. The molecule has 0 saturated heterocycles. The van der Waals surface area contributed by atoms with Crippen LogP contribution in [0.3, 0.4) is 0 Å². The second kappa shape index (κ2) is 7.09. The molecule has 0 aromatic heterocycles. The van der Waals surface area contributed by atoms with Gasteiger partial charge in [-0.05, 0) is 55.4 Å². The SMILES string of the molecule is O=C(N[C@H]1C[C@H]2CC[C@H]1C2)c1cccc(OCc2ccccc2Cl)c1. The van der Waals surface area contributed by atoms with Crippen LogP contribution in [0, 0.1) is 11.8 Å². The summed E-state index contributed by atoms with van der Waals surface area (Å²) in [6, 6.07) is 15.3. The van der Waals surface area contributed by atoms with E-state index in [0.29, 0.717) is 34.9 Å². The molecule has 3 atom stereocenters. The molecule has 3 nitrogen and oxygen atoms in total. The summed E-state index contributed by atoms with van der Waals surface area (Å²) in [5.74, 6) is 2.18. The average molecular weight is 356 g/mol. The molecule has 2 aliphatic carbocycles. The predicted octanol–water partition coefficient (Wildman–Crippen LogP) is 4.84. The third-order valence-electron chi connectivity index (χ3n) is 5.50. The second-order valence-electron chi connectivity index (χ2n) is 7.16. The Morgan fingerprint density at radius 2 is 2.00 bits per heavy atom. The van der Waals surface area contributed by atoms with E-state index in [4.69, 9.17) is 16.3 Å². The first kappa shape index (κ1) is 16.5. The summed E-state index contributed by atoms with van der Waals surface area (Å²) in [6.07, 6.45) is 5.02.